The first-order chi connectivity index (χ1) is 9.29. The molecule has 2 aromatic rings. The van der Waals surface area contributed by atoms with Crippen LogP contribution in [0.2, 0.25) is 0 Å². The highest BCUT2D eigenvalue weighted by Gasteiger charge is 2.19. The Morgan fingerprint density at radius 2 is 1.85 bits per heavy atom. The minimum Gasteiger partial charge on any atom is -0.351 e. The zero-order valence-electron chi connectivity index (χ0n) is 12.1. The van der Waals surface area contributed by atoms with E-state index in [9.17, 15) is 8.96 Å². The van der Waals surface area contributed by atoms with Gasteiger partial charge in [-0.05, 0) is 50.4 Å². The van der Waals surface area contributed by atoms with Gasteiger partial charge in [-0.15, -0.1) is 0 Å². The number of benzene rings is 1. The van der Waals surface area contributed by atoms with Crippen LogP contribution in [0.4, 0.5) is 15.8 Å². The summed E-state index contributed by atoms with van der Waals surface area (Å²) in [7, 11) is -2.48. The van der Waals surface area contributed by atoms with Gasteiger partial charge in [0.15, 0.2) is 0 Å². The van der Waals surface area contributed by atoms with Crippen molar-refractivity contribution in [2.45, 2.75) is 13.8 Å². The van der Waals surface area contributed by atoms with Crippen LogP contribution in [0.3, 0.4) is 0 Å². The van der Waals surface area contributed by atoms with Crippen LogP contribution in [0, 0.1) is 19.7 Å². The Morgan fingerprint density at radius 1 is 1.15 bits per heavy atom. The average Bonchev–Trinajstić information content (AvgIpc) is 2.31. The van der Waals surface area contributed by atoms with Crippen LogP contribution in [-0.2, 0) is 4.57 Å². The van der Waals surface area contributed by atoms with Gasteiger partial charge in [0.05, 0.1) is 17.6 Å². The van der Waals surface area contributed by atoms with E-state index >= 15 is 0 Å². The van der Waals surface area contributed by atoms with Crippen molar-refractivity contribution in [1.82, 2.24) is 4.98 Å². The maximum atomic E-state index is 13.9. The van der Waals surface area contributed by atoms with E-state index < -0.39 is 7.14 Å². The lowest BCUT2D eigenvalue weighted by atomic mass is 10.2. The molecule has 0 bridgehead atoms. The molecule has 0 aliphatic rings. The Balaban J connectivity index is 2.49. The number of hydrogen-bond donors (Lipinski definition) is 1. The zero-order valence-corrected chi connectivity index (χ0v) is 13.0. The molecule has 1 aromatic carbocycles. The molecule has 1 heterocycles. The zero-order chi connectivity index (χ0) is 14.9. The van der Waals surface area contributed by atoms with Gasteiger partial charge in [-0.2, -0.15) is 0 Å². The molecule has 5 heteroatoms. The van der Waals surface area contributed by atoms with Gasteiger partial charge in [-0.3, -0.25) is 4.98 Å². The second kappa shape index (κ2) is 5.37. The molecule has 0 fully saturated rings. The number of aromatic nitrogens is 1. The number of pyridine rings is 1. The second-order valence-corrected chi connectivity index (χ2v) is 8.46. The van der Waals surface area contributed by atoms with E-state index in [4.69, 9.17) is 0 Å². The summed E-state index contributed by atoms with van der Waals surface area (Å²) in [6.45, 7) is 7.09. The van der Waals surface area contributed by atoms with Crippen molar-refractivity contribution in [3.63, 3.8) is 0 Å². The van der Waals surface area contributed by atoms with E-state index in [2.05, 4.69) is 10.3 Å². The number of anilines is 2. The highest BCUT2D eigenvalue weighted by molar-refractivity contribution is 7.70. The Hall–Kier alpha value is -1.67. The van der Waals surface area contributed by atoms with Crippen molar-refractivity contribution in [3.8, 4) is 0 Å². The van der Waals surface area contributed by atoms with Crippen LogP contribution in [-0.4, -0.2) is 18.3 Å². The SMILES string of the molecule is Cc1ccc(Nc2cncc(C)c2P(C)(C)=O)c(F)c1. The Bertz CT molecular complexity index is 694. The van der Waals surface area contributed by atoms with Gasteiger partial charge in [-0.25, -0.2) is 4.39 Å². The van der Waals surface area contributed by atoms with Crippen LogP contribution < -0.4 is 10.6 Å². The Labute approximate surface area is 118 Å². The van der Waals surface area contributed by atoms with Gasteiger partial charge in [-0.1, -0.05) is 6.07 Å². The minimum atomic E-state index is -2.48. The molecule has 106 valence electrons. The number of nitrogens with one attached hydrogen (secondary N) is 1. The van der Waals surface area contributed by atoms with Gasteiger partial charge >= 0.3 is 0 Å². The molecule has 20 heavy (non-hydrogen) atoms. The lowest BCUT2D eigenvalue weighted by Crippen LogP contribution is -2.14. The number of hydrogen-bond acceptors (Lipinski definition) is 3. The Morgan fingerprint density at radius 3 is 2.45 bits per heavy atom. The summed E-state index contributed by atoms with van der Waals surface area (Å²) < 4.78 is 26.3. The van der Waals surface area contributed by atoms with E-state index in [0.717, 1.165) is 11.1 Å². The molecular formula is C15H18FN2OP. The van der Waals surface area contributed by atoms with Crippen LogP contribution in [0.25, 0.3) is 0 Å². The number of halogens is 1. The fraction of sp³-hybridized carbons (Fsp3) is 0.267. The first kappa shape index (κ1) is 14.7. The van der Waals surface area contributed by atoms with E-state index in [1.54, 1.807) is 31.8 Å². The maximum Gasteiger partial charge on any atom is 0.146 e. The summed E-state index contributed by atoms with van der Waals surface area (Å²) in [6.07, 6.45) is 3.26. The third-order valence-corrected chi connectivity index (χ3v) is 4.70. The number of aryl methyl sites for hydroxylation is 2. The van der Waals surface area contributed by atoms with Crippen LogP contribution >= 0.6 is 7.14 Å². The van der Waals surface area contributed by atoms with Gasteiger partial charge < -0.3 is 9.88 Å². The van der Waals surface area contributed by atoms with Crippen molar-refractivity contribution in [3.05, 3.63) is 47.5 Å². The summed E-state index contributed by atoms with van der Waals surface area (Å²) >= 11 is 0. The van der Waals surface area contributed by atoms with Gasteiger partial charge in [0.2, 0.25) is 0 Å². The molecule has 0 atom stereocenters. The number of nitrogens with zero attached hydrogens (tertiary/aromatic N) is 1. The summed E-state index contributed by atoms with van der Waals surface area (Å²) in [5.41, 5.74) is 2.65. The van der Waals surface area contributed by atoms with Crippen molar-refractivity contribution in [2.75, 3.05) is 18.6 Å². The molecule has 0 saturated carbocycles. The predicted octanol–water partition coefficient (Wildman–Crippen LogP) is 3.83. The smallest absolute Gasteiger partial charge is 0.146 e. The second-order valence-electron chi connectivity index (χ2n) is 5.31. The molecule has 1 aromatic heterocycles. The van der Waals surface area contributed by atoms with Crippen LogP contribution in [0.5, 0.6) is 0 Å². The van der Waals surface area contributed by atoms with E-state index in [1.165, 1.54) is 6.07 Å². The molecule has 0 amide bonds. The van der Waals surface area contributed by atoms with E-state index in [-0.39, 0.29) is 5.82 Å². The van der Waals surface area contributed by atoms with Gasteiger partial charge in [0, 0.05) is 11.5 Å². The molecule has 0 unspecified atom stereocenters. The molecule has 2 rings (SSSR count). The van der Waals surface area contributed by atoms with Crippen LogP contribution in [0.15, 0.2) is 30.6 Å². The topological polar surface area (TPSA) is 42.0 Å². The third kappa shape index (κ3) is 3.07. The first-order valence-electron chi connectivity index (χ1n) is 6.32. The minimum absolute atomic E-state index is 0.334. The fourth-order valence-electron chi connectivity index (χ4n) is 2.23. The highest BCUT2D eigenvalue weighted by atomic mass is 31.2. The maximum absolute atomic E-state index is 13.9. The standard InChI is InChI=1S/C15H18FN2OP/c1-10-5-6-13(12(16)7-10)18-14-9-17-8-11(2)15(14)20(3,4)19/h5-9,18H,1-4H3. The molecule has 0 aliphatic carbocycles. The highest BCUT2D eigenvalue weighted by Crippen LogP contribution is 2.39. The summed E-state index contributed by atoms with van der Waals surface area (Å²) in [5.74, 6) is -0.334. The molecule has 1 N–H and O–H groups in total. The van der Waals surface area contributed by atoms with Crippen LogP contribution in [0.1, 0.15) is 11.1 Å². The predicted molar refractivity (Wildman–Crippen MR) is 82.5 cm³/mol. The average molecular weight is 292 g/mol. The lowest BCUT2D eigenvalue weighted by molar-refractivity contribution is 0.588. The fourth-order valence-corrected chi connectivity index (χ4v) is 3.83. The lowest BCUT2D eigenvalue weighted by Gasteiger charge is -2.17. The monoisotopic (exact) mass is 292 g/mol. The first-order valence-corrected chi connectivity index (χ1v) is 8.92. The molecule has 0 radical (unpaired) electrons. The van der Waals surface area contributed by atoms with Crippen molar-refractivity contribution < 1.29 is 8.96 Å². The van der Waals surface area contributed by atoms with E-state index in [1.807, 2.05) is 19.9 Å². The summed E-state index contributed by atoms with van der Waals surface area (Å²) in [4.78, 5) is 4.10. The normalized spacial score (nSPS) is 11.4. The quantitative estimate of drug-likeness (QED) is 0.874. The molecule has 0 aliphatic heterocycles. The third-order valence-electron chi connectivity index (χ3n) is 3.03. The molecule has 0 spiro atoms. The van der Waals surface area contributed by atoms with Crippen molar-refractivity contribution >= 4 is 23.8 Å². The summed E-state index contributed by atoms with van der Waals surface area (Å²) in [5, 5.41) is 3.72. The largest absolute Gasteiger partial charge is 0.351 e. The van der Waals surface area contributed by atoms with E-state index in [0.29, 0.717) is 16.7 Å². The molecule has 3 nitrogen and oxygen atoms in total. The molecule has 0 saturated heterocycles. The number of rotatable bonds is 3. The van der Waals surface area contributed by atoms with Gasteiger partial charge in [0.25, 0.3) is 0 Å². The Kier molecular flexibility index (Phi) is 3.96. The van der Waals surface area contributed by atoms with Crippen molar-refractivity contribution in [2.24, 2.45) is 0 Å². The molecular weight excluding hydrogens is 274 g/mol. The summed E-state index contributed by atoms with van der Waals surface area (Å²) in [6, 6.07) is 4.96. The van der Waals surface area contributed by atoms with Gasteiger partial charge in [0.1, 0.15) is 13.0 Å². The van der Waals surface area contributed by atoms with Crippen molar-refractivity contribution in [1.29, 1.82) is 0 Å².